The summed E-state index contributed by atoms with van der Waals surface area (Å²) in [6.07, 6.45) is 2.49. The molecule has 1 atom stereocenters. The second-order valence-electron chi connectivity index (χ2n) is 4.11. The van der Waals surface area contributed by atoms with E-state index in [0.29, 0.717) is 12.1 Å². The van der Waals surface area contributed by atoms with Crippen LogP contribution in [0, 0.1) is 0 Å². The highest BCUT2D eigenvalue weighted by Gasteiger charge is 2.55. The largest absolute Gasteiger partial charge is 0.359 e. The number of nitrogens with zero attached hydrogens (tertiary/aromatic N) is 1. The van der Waals surface area contributed by atoms with Crippen LogP contribution in [0.3, 0.4) is 0 Å². The van der Waals surface area contributed by atoms with Crippen molar-refractivity contribution in [2.45, 2.75) is 51.4 Å². The van der Waals surface area contributed by atoms with Gasteiger partial charge in [-0.15, -0.1) is 0 Å². The van der Waals surface area contributed by atoms with Crippen LogP contribution in [-0.2, 0) is 4.74 Å². The topological polar surface area (TPSA) is 12.5 Å². The molecular weight excluding hydrogens is 138 g/mol. The van der Waals surface area contributed by atoms with Crippen LogP contribution in [0.2, 0.25) is 0 Å². The summed E-state index contributed by atoms with van der Waals surface area (Å²) >= 11 is 0. The maximum absolute atomic E-state index is 5.76. The van der Waals surface area contributed by atoms with E-state index in [0.717, 1.165) is 6.61 Å². The van der Waals surface area contributed by atoms with Gasteiger partial charge in [0, 0.05) is 12.1 Å². The van der Waals surface area contributed by atoms with Gasteiger partial charge in [0.2, 0.25) is 0 Å². The summed E-state index contributed by atoms with van der Waals surface area (Å²) in [4.78, 5) is 2.52. The monoisotopic (exact) mass is 155 g/mol. The molecule has 0 amide bonds. The summed E-state index contributed by atoms with van der Waals surface area (Å²) in [6, 6.07) is 1.26. The van der Waals surface area contributed by atoms with Crippen molar-refractivity contribution >= 4 is 0 Å². The second-order valence-corrected chi connectivity index (χ2v) is 4.11. The molecule has 0 aromatic rings. The standard InChI is InChI=1S/C9H17NO/c1-7(2)10-8(3)6-11-9(10)4-5-9/h7-8H,4-6H2,1-3H3/t8-/m1/s1. The van der Waals surface area contributed by atoms with Gasteiger partial charge in [0.25, 0.3) is 0 Å². The molecule has 1 spiro atoms. The van der Waals surface area contributed by atoms with Gasteiger partial charge in [-0.05, 0) is 33.6 Å². The van der Waals surface area contributed by atoms with Gasteiger partial charge in [0.15, 0.2) is 0 Å². The number of hydrogen-bond donors (Lipinski definition) is 0. The van der Waals surface area contributed by atoms with Crippen LogP contribution >= 0.6 is 0 Å². The van der Waals surface area contributed by atoms with Gasteiger partial charge >= 0.3 is 0 Å². The van der Waals surface area contributed by atoms with Gasteiger partial charge in [0.05, 0.1) is 6.61 Å². The summed E-state index contributed by atoms with van der Waals surface area (Å²) in [5.41, 5.74) is 0.188. The third-order valence-electron chi connectivity index (χ3n) is 2.77. The highest BCUT2D eigenvalue weighted by molar-refractivity contribution is 5.02. The third-order valence-corrected chi connectivity index (χ3v) is 2.77. The molecule has 0 unspecified atom stereocenters. The molecule has 0 bridgehead atoms. The highest BCUT2D eigenvalue weighted by Crippen LogP contribution is 2.48. The van der Waals surface area contributed by atoms with Crippen LogP contribution in [0.25, 0.3) is 0 Å². The van der Waals surface area contributed by atoms with Crippen molar-refractivity contribution in [1.82, 2.24) is 4.90 Å². The van der Waals surface area contributed by atoms with Gasteiger partial charge in [-0.2, -0.15) is 0 Å². The van der Waals surface area contributed by atoms with E-state index >= 15 is 0 Å². The average molecular weight is 155 g/mol. The van der Waals surface area contributed by atoms with Crippen molar-refractivity contribution in [3.63, 3.8) is 0 Å². The normalized spacial score (nSPS) is 35.5. The SMILES string of the molecule is CC(C)N1[C@H](C)COC12CC2. The Kier molecular flexibility index (Phi) is 1.52. The Morgan fingerprint density at radius 2 is 2.09 bits per heavy atom. The van der Waals surface area contributed by atoms with E-state index < -0.39 is 0 Å². The molecule has 2 rings (SSSR count). The van der Waals surface area contributed by atoms with Gasteiger partial charge in [-0.1, -0.05) is 0 Å². The first-order valence-corrected chi connectivity index (χ1v) is 4.58. The lowest BCUT2D eigenvalue weighted by Gasteiger charge is -2.29. The minimum atomic E-state index is 0.188. The quantitative estimate of drug-likeness (QED) is 0.570. The molecule has 2 fully saturated rings. The van der Waals surface area contributed by atoms with Gasteiger partial charge < -0.3 is 4.74 Å². The molecule has 0 aromatic carbocycles. The van der Waals surface area contributed by atoms with Crippen LogP contribution < -0.4 is 0 Å². The van der Waals surface area contributed by atoms with Crippen molar-refractivity contribution in [2.24, 2.45) is 0 Å². The number of rotatable bonds is 1. The molecule has 0 aromatic heterocycles. The zero-order valence-corrected chi connectivity index (χ0v) is 7.63. The molecule has 1 aliphatic carbocycles. The number of hydrogen-bond acceptors (Lipinski definition) is 2. The molecule has 64 valence electrons. The summed E-state index contributed by atoms with van der Waals surface area (Å²) in [6.45, 7) is 7.70. The van der Waals surface area contributed by atoms with Crippen molar-refractivity contribution in [3.05, 3.63) is 0 Å². The Hall–Kier alpha value is -0.0800. The van der Waals surface area contributed by atoms with E-state index in [1.807, 2.05) is 0 Å². The molecule has 2 aliphatic rings. The lowest BCUT2D eigenvalue weighted by Crippen LogP contribution is -2.42. The maximum atomic E-state index is 5.76. The van der Waals surface area contributed by atoms with E-state index in [1.54, 1.807) is 0 Å². The van der Waals surface area contributed by atoms with Gasteiger partial charge in [-0.3, -0.25) is 4.90 Å². The highest BCUT2D eigenvalue weighted by atomic mass is 16.5. The van der Waals surface area contributed by atoms with Crippen molar-refractivity contribution < 1.29 is 4.74 Å². The first-order valence-electron chi connectivity index (χ1n) is 4.58. The Balaban J connectivity index is 2.13. The molecule has 0 N–H and O–H groups in total. The summed E-state index contributed by atoms with van der Waals surface area (Å²) < 4.78 is 5.76. The first-order chi connectivity index (χ1) is 5.16. The Bertz CT molecular complexity index is 163. The molecule has 1 saturated heterocycles. The zero-order chi connectivity index (χ0) is 8.06. The van der Waals surface area contributed by atoms with Crippen LogP contribution in [-0.4, -0.2) is 29.3 Å². The van der Waals surface area contributed by atoms with Gasteiger partial charge in [-0.25, -0.2) is 0 Å². The second kappa shape index (κ2) is 2.20. The molecule has 2 heteroatoms. The lowest BCUT2D eigenvalue weighted by molar-refractivity contribution is -0.00962. The summed E-state index contributed by atoms with van der Waals surface area (Å²) in [5.74, 6) is 0. The van der Waals surface area contributed by atoms with Crippen molar-refractivity contribution in [1.29, 1.82) is 0 Å². The minimum Gasteiger partial charge on any atom is -0.359 e. The number of ether oxygens (including phenoxy) is 1. The van der Waals surface area contributed by atoms with Crippen molar-refractivity contribution in [3.8, 4) is 0 Å². The Morgan fingerprint density at radius 3 is 2.45 bits per heavy atom. The Morgan fingerprint density at radius 1 is 1.45 bits per heavy atom. The molecule has 2 nitrogen and oxygen atoms in total. The third kappa shape index (κ3) is 1.00. The summed E-state index contributed by atoms with van der Waals surface area (Å²) in [7, 11) is 0. The molecule has 1 aliphatic heterocycles. The molecular formula is C9H17NO. The van der Waals surface area contributed by atoms with Crippen molar-refractivity contribution in [2.75, 3.05) is 6.61 Å². The molecule has 0 radical (unpaired) electrons. The fourth-order valence-electron chi connectivity index (χ4n) is 2.32. The average Bonchev–Trinajstić information content (AvgIpc) is 2.56. The molecule has 11 heavy (non-hydrogen) atoms. The van der Waals surface area contributed by atoms with E-state index in [-0.39, 0.29) is 5.72 Å². The molecule has 1 heterocycles. The van der Waals surface area contributed by atoms with Crippen LogP contribution in [0.5, 0.6) is 0 Å². The lowest BCUT2D eigenvalue weighted by atomic mass is 10.2. The van der Waals surface area contributed by atoms with E-state index in [2.05, 4.69) is 25.7 Å². The predicted octanol–water partition coefficient (Wildman–Crippen LogP) is 1.61. The fraction of sp³-hybridized carbons (Fsp3) is 1.00. The fourth-order valence-corrected chi connectivity index (χ4v) is 2.32. The van der Waals surface area contributed by atoms with E-state index in [9.17, 15) is 0 Å². The smallest absolute Gasteiger partial charge is 0.122 e. The first kappa shape index (κ1) is 7.56. The van der Waals surface area contributed by atoms with Crippen LogP contribution in [0.4, 0.5) is 0 Å². The van der Waals surface area contributed by atoms with E-state index in [1.165, 1.54) is 12.8 Å². The van der Waals surface area contributed by atoms with Crippen LogP contribution in [0.1, 0.15) is 33.6 Å². The van der Waals surface area contributed by atoms with E-state index in [4.69, 9.17) is 4.74 Å². The van der Waals surface area contributed by atoms with Crippen LogP contribution in [0.15, 0.2) is 0 Å². The zero-order valence-electron chi connectivity index (χ0n) is 7.63. The molecule has 1 saturated carbocycles. The maximum Gasteiger partial charge on any atom is 0.122 e. The Labute approximate surface area is 68.5 Å². The van der Waals surface area contributed by atoms with Gasteiger partial charge in [0.1, 0.15) is 5.72 Å². The minimum absolute atomic E-state index is 0.188. The summed E-state index contributed by atoms with van der Waals surface area (Å²) in [5, 5.41) is 0. The predicted molar refractivity (Wildman–Crippen MR) is 44.4 cm³/mol.